The summed E-state index contributed by atoms with van der Waals surface area (Å²) >= 11 is 0. The summed E-state index contributed by atoms with van der Waals surface area (Å²) in [5.41, 5.74) is 0.750. The van der Waals surface area contributed by atoms with Crippen LogP contribution in [-0.4, -0.2) is 15.6 Å². The van der Waals surface area contributed by atoms with Crippen LogP contribution in [-0.2, 0) is 6.54 Å². The highest BCUT2D eigenvalue weighted by atomic mass is 16.1. The standard InChI is InChI=1S/C15H26N2O/c1-3-5-6-7-8-9-10-11-17-13-14(12-16-17)15(18)4-2/h12-13H,3-11H2,1-2H3. The number of ketones is 1. The fraction of sp³-hybridized carbons (Fsp3) is 0.733. The van der Waals surface area contributed by atoms with E-state index in [1.165, 1.54) is 38.5 Å². The van der Waals surface area contributed by atoms with Crippen LogP contribution in [0.1, 0.15) is 75.6 Å². The molecule has 1 aromatic rings. The lowest BCUT2D eigenvalue weighted by Crippen LogP contribution is -1.99. The highest BCUT2D eigenvalue weighted by Gasteiger charge is 2.05. The monoisotopic (exact) mass is 250 g/mol. The topological polar surface area (TPSA) is 34.9 Å². The number of rotatable bonds is 10. The molecule has 0 bridgehead atoms. The van der Waals surface area contributed by atoms with Gasteiger partial charge in [0.1, 0.15) is 0 Å². The first-order valence-corrected chi connectivity index (χ1v) is 7.33. The predicted molar refractivity (Wildman–Crippen MR) is 74.8 cm³/mol. The third kappa shape index (κ3) is 5.48. The van der Waals surface area contributed by atoms with Gasteiger partial charge in [-0.2, -0.15) is 5.10 Å². The van der Waals surface area contributed by atoms with Crippen molar-refractivity contribution in [3.8, 4) is 0 Å². The van der Waals surface area contributed by atoms with E-state index in [2.05, 4.69) is 12.0 Å². The zero-order chi connectivity index (χ0) is 13.2. The molecule has 1 rings (SSSR count). The van der Waals surface area contributed by atoms with Crippen molar-refractivity contribution in [1.29, 1.82) is 0 Å². The fourth-order valence-corrected chi connectivity index (χ4v) is 2.06. The van der Waals surface area contributed by atoms with Gasteiger partial charge in [-0.05, 0) is 6.42 Å². The second-order valence-corrected chi connectivity index (χ2v) is 4.89. The lowest BCUT2D eigenvalue weighted by Gasteiger charge is -2.02. The molecule has 0 amide bonds. The molecular weight excluding hydrogens is 224 g/mol. The first-order chi connectivity index (χ1) is 8.77. The number of aryl methyl sites for hydroxylation is 1. The van der Waals surface area contributed by atoms with Crippen LogP contribution in [0.25, 0.3) is 0 Å². The largest absolute Gasteiger partial charge is 0.294 e. The second kappa shape index (κ2) is 8.90. The maximum absolute atomic E-state index is 11.5. The van der Waals surface area contributed by atoms with Gasteiger partial charge in [0.05, 0.1) is 11.8 Å². The third-order valence-electron chi connectivity index (χ3n) is 3.27. The maximum atomic E-state index is 11.5. The number of Topliss-reactive ketones (excluding diaryl/α,β-unsaturated/α-hetero) is 1. The zero-order valence-electron chi connectivity index (χ0n) is 11.8. The molecular formula is C15H26N2O. The van der Waals surface area contributed by atoms with E-state index in [0.29, 0.717) is 6.42 Å². The summed E-state index contributed by atoms with van der Waals surface area (Å²) < 4.78 is 1.90. The summed E-state index contributed by atoms with van der Waals surface area (Å²) in [6, 6.07) is 0. The van der Waals surface area contributed by atoms with E-state index in [1.807, 2.05) is 17.8 Å². The number of nitrogens with zero attached hydrogens (tertiary/aromatic N) is 2. The molecule has 0 fully saturated rings. The Morgan fingerprint density at radius 3 is 2.44 bits per heavy atom. The smallest absolute Gasteiger partial charge is 0.165 e. The molecule has 0 aliphatic carbocycles. The summed E-state index contributed by atoms with van der Waals surface area (Å²) in [6.45, 7) is 5.06. The van der Waals surface area contributed by atoms with E-state index in [4.69, 9.17) is 0 Å². The van der Waals surface area contributed by atoms with Crippen molar-refractivity contribution >= 4 is 5.78 Å². The summed E-state index contributed by atoms with van der Waals surface area (Å²) in [5, 5.41) is 4.23. The number of carbonyl (C=O) groups is 1. The molecule has 0 radical (unpaired) electrons. The quantitative estimate of drug-likeness (QED) is 0.460. The first kappa shape index (κ1) is 14.9. The normalized spacial score (nSPS) is 10.8. The first-order valence-electron chi connectivity index (χ1n) is 7.33. The zero-order valence-corrected chi connectivity index (χ0v) is 11.8. The Balaban J connectivity index is 2.12. The van der Waals surface area contributed by atoms with Gasteiger partial charge in [-0.15, -0.1) is 0 Å². The molecule has 1 heterocycles. The van der Waals surface area contributed by atoms with Gasteiger partial charge >= 0.3 is 0 Å². The van der Waals surface area contributed by atoms with Gasteiger partial charge in [-0.25, -0.2) is 0 Å². The lowest BCUT2D eigenvalue weighted by atomic mass is 10.1. The molecule has 0 atom stereocenters. The van der Waals surface area contributed by atoms with Crippen molar-refractivity contribution in [3.63, 3.8) is 0 Å². The van der Waals surface area contributed by atoms with Crippen molar-refractivity contribution in [2.24, 2.45) is 0 Å². The Morgan fingerprint density at radius 2 is 1.78 bits per heavy atom. The molecule has 0 aliphatic rings. The van der Waals surface area contributed by atoms with Crippen molar-refractivity contribution in [2.75, 3.05) is 0 Å². The fourth-order valence-electron chi connectivity index (χ4n) is 2.06. The molecule has 102 valence electrons. The molecule has 18 heavy (non-hydrogen) atoms. The average molecular weight is 250 g/mol. The van der Waals surface area contributed by atoms with Gasteiger partial charge < -0.3 is 0 Å². The summed E-state index contributed by atoms with van der Waals surface area (Å²) in [7, 11) is 0. The van der Waals surface area contributed by atoms with E-state index in [9.17, 15) is 4.79 Å². The molecule has 0 saturated heterocycles. The van der Waals surface area contributed by atoms with Gasteiger partial charge in [0.15, 0.2) is 5.78 Å². The minimum Gasteiger partial charge on any atom is -0.294 e. The average Bonchev–Trinajstić information content (AvgIpc) is 2.85. The van der Waals surface area contributed by atoms with Crippen molar-refractivity contribution in [2.45, 2.75) is 71.8 Å². The van der Waals surface area contributed by atoms with E-state index in [0.717, 1.165) is 18.5 Å². The van der Waals surface area contributed by atoms with Crippen LogP contribution in [0.5, 0.6) is 0 Å². The Morgan fingerprint density at radius 1 is 1.11 bits per heavy atom. The maximum Gasteiger partial charge on any atom is 0.165 e. The van der Waals surface area contributed by atoms with E-state index in [-0.39, 0.29) is 5.78 Å². The van der Waals surface area contributed by atoms with Crippen LogP contribution in [0.15, 0.2) is 12.4 Å². The molecule has 0 saturated carbocycles. The van der Waals surface area contributed by atoms with Gasteiger partial charge in [0.2, 0.25) is 0 Å². The summed E-state index contributed by atoms with van der Waals surface area (Å²) in [5.74, 6) is 0.181. The van der Waals surface area contributed by atoms with Gasteiger partial charge in [0, 0.05) is 19.2 Å². The van der Waals surface area contributed by atoms with E-state index in [1.54, 1.807) is 6.20 Å². The Hall–Kier alpha value is -1.12. The van der Waals surface area contributed by atoms with Crippen molar-refractivity contribution in [3.05, 3.63) is 18.0 Å². The molecule has 0 N–H and O–H groups in total. The molecule has 0 aliphatic heterocycles. The highest BCUT2D eigenvalue weighted by molar-refractivity contribution is 5.95. The van der Waals surface area contributed by atoms with Crippen molar-refractivity contribution < 1.29 is 4.79 Å². The number of hydrogen-bond acceptors (Lipinski definition) is 2. The van der Waals surface area contributed by atoms with Crippen LogP contribution < -0.4 is 0 Å². The predicted octanol–water partition coefficient (Wildman–Crippen LogP) is 4.23. The van der Waals surface area contributed by atoms with Crippen LogP contribution in [0.3, 0.4) is 0 Å². The molecule has 0 spiro atoms. The lowest BCUT2D eigenvalue weighted by molar-refractivity contribution is 0.0988. The summed E-state index contributed by atoms with van der Waals surface area (Å²) in [6.07, 6.45) is 13.3. The molecule has 0 unspecified atom stereocenters. The molecule has 1 aromatic heterocycles. The van der Waals surface area contributed by atoms with E-state index >= 15 is 0 Å². The minimum atomic E-state index is 0.181. The Kier molecular flexibility index (Phi) is 7.38. The minimum absolute atomic E-state index is 0.181. The Labute approximate surface area is 111 Å². The number of carbonyl (C=O) groups excluding carboxylic acids is 1. The van der Waals surface area contributed by atoms with Crippen LogP contribution in [0.4, 0.5) is 0 Å². The molecule has 3 nitrogen and oxygen atoms in total. The number of aromatic nitrogens is 2. The van der Waals surface area contributed by atoms with Gasteiger partial charge in [-0.1, -0.05) is 52.4 Å². The Bertz CT molecular complexity index is 344. The van der Waals surface area contributed by atoms with Crippen LogP contribution >= 0.6 is 0 Å². The number of unbranched alkanes of at least 4 members (excludes halogenated alkanes) is 6. The molecule has 3 heteroatoms. The van der Waals surface area contributed by atoms with Crippen LogP contribution in [0, 0.1) is 0 Å². The third-order valence-corrected chi connectivity index (χ3v) is 3.27. The molecule has 0 aromatic carbocycles. The SMILES string of the molecule is CCCCCCCCCn1cc(C(=O)CC)cn1. The second-order valence-electron chi connectivity index (χ2n) is 4.89. The van der Waals surface area contributed by atoms with E-state index < -0.39 is 0 Å². The summed E-state index contributed by atoms with van der Waals surface area (Å²) in [4.78, 5) is 11.5. The van der Waals surface area contributed by atoms with Crippen molar-refractivity contribution in [1.82, 2.24) is 9.78 Å². The van der Waals surface area contributed by atoms with Crippen LogP contribution in [0.2, 0.25) is 0 Å². The van der Waals surface area contributed by atoms with Gasteiger partial charge in [0.25, 0.3) is 0 Å². The number of hydrogen-bond donors (Lipinski definition) is 0. The van der Waals surface area contributed by atoms with Gasteiger partial charge in [-0.3, -0.25) is 9.48 Å². The highest BCUT2D eigenvalue weighted by Crippen LogP contribution is 2.08.